The predicted octanol–water partition coefficient (Wildman–Crippen LogP) is 5.52. The average Bonchev–Trinajstić information content (AvgIpc) is 2.59. The SMILES string of the molecule is CCc1cc(-c2cccc(CC)c2C(=O)C(C)C)ccc1C(C)=O. The Balaban J connectivity index is 2.69. The lowest BCUT2D eigenvalue weighted by Gasteiger charge is -2.16. The Bertz CT molecular complexity index is 770. The van der Waals surface area contributed by atoms with Gasteiger partial charge in [-0.2, -0.15) is 0 Å². The molecular formula is C22H26O2. The van der Waals surface area contributed by atoms with Crippen LogP contribution in [0.25, 0.3) is 11.1 Å². The lowest BCUT2D eigenvalue weighted by atomic mass is 9.86. The number of rotatable bonds is 6. The van der Waals surface area contributed by atoms with Crippen LogP contribution in [-0.2, 0) is 12.8 Å². The molecule has 0 aromatic heterocycles. The van der Waals surface area contributed by atoms with Crippen LogP contribution >= 0.6 is 0 Å². The summed E-state index contributed by atoms with van der Waals surface area (Å²) in [6, 6.07) is 12.0. The summed E-state index contributed by atoms with van der Waals surface area (Å²) in [6.07, 6.45) is 1.62. The Morgan fingerprint density at radius 1 is 0.958 bits per heavy atom. The van der Waals surface area contributed by atoms with Crippen LogP contribution in [0.5, 0.6) is 0 Å². The quantitative estimate of drug-likeness (QED) is 0.656. The summed E-state index contributed by atoms with van der Waals surface area (Å²) in [4.78, 5) is 24.6. The summed E-state index contributed by atoms with van der Waals surface area (Å²) in [5.41, 5.74) is 5.69. The third-order valence-electron chi connectivity index (χ3n) is 4.48. The van der Waals surface area contributed by atoms with Crippen molar-refractivity contribution in [2.75, 3.05) is 0 Å². The topological polar surface area (TPSA) is 34.1 Å². The maximum Gasteiger partial charge on any atom is 0.166 e. The summed E-state index contributed by atoms with van der Waals surface area (Å²) in [5.74, 6) is 0.217. The minimum atomic E-state index is -0.0430. The van der Waals surface area contributed by atoms with E-state index in [1.165, 1.54) is 0 Å². The highest BCUT2D eigenvalue weighted by atomic mass is 16.1. The minimum Gasteiger partial charge on any atom is -0.295 e. The molecule has 24 heavy (non-hydrogen) atoms. The molecule has 0 saturated heterocycles. The smallest absolute Gasteiger partial charge is 0.166 e. The molecular weight excluding hydrogens is 296 g/mol. The van der Waals surface area contributed by atoms with Crippen LogP contribution in [0.1, 0.15) is 66.5 Å². The number of benzene rings is 2. The van der Waals surface area contributed by atoms with E-state index in [2.05, 4.69) is 13.0 Å². The Hall–Kier alpha value is -2.22. The molecule has 0 N–H and O–H groups in total. The minimum absolute atomic E-state index is 0.0430. The van der Waals surface area contributed by atoms with E-state index >= 15 is 0 Å². The van der Waals surface area contributed by atoms with Crippen LogP contribution in [0, 0.1) is 5.92 Å². The fraction of sp³-hybridized carbons (Fsp3) is 0.364. The molecule has 0 amide bonds. The Morgan fingerprint density at radius 3 is 2.17 bits per heavy atom. The molecule has 0 saturated carbocycles. The normalized spacial score (nSPS) is 10.9. The maximum absolute atomic E-state index is 12.8. The van der Waals surface area contributed by atoms with E-state index in [9.17, 15) is 9.59 Å². The average molecular weight is 322 g/mol. The molecule has 2 aromatic rings. The number of Topliss-reactive ketones (excluding diaryl/α,β-unsaturated/α-hetero) is 2. The summed E-state index contributed by atoms with van der Waals surface area (Å²) in [5, 5.41) is 0. The molecule has 2 nitrogen and oxygen atoms in total. The molecule has 0 heterocycles. The molecule has 0 atom stereocenters. The highest BCUT2D eigenvalue weighted by Gasteiger charge is 2.20. The molecule has 0 bridgehead atoms. The van der Waals surface area contributed by atoms with Gasteiger partial charge in [0.1, 0.15) is 0 Å². The van der Waals surface area contributed by atoms with Gasteiger partial charge in [0.05, 0.1) is 0 Å². The van der Waals surface area contributed by atoms with Crippen LogP contribution in [0.4, 0.5) is 0 Å². The van der Waals surface area contributed by atoms with Gasteiger partial charge in [-0.25, -0.2) is 0 Å². The summed E-state index contributed by atoms with van der Waals surface area (Å²) >= 11 is 0. The van der Waals surface area contributed by atoms with Gasteiger partial charge in [0.2, 0.25) is 0 Å². The van der Waals surface area contributed by atoms with E-state index in [0.29, 0.717) is 0 Å². The third-order valence-corrected chi connectivity index (χ3v) is 4.48. The first kappa shape index (κ1) is 18.1. The van der Waals surface area contributed by atoms with Gasteiger partial charge in [-0.1, -0.05) is 64.1 Å². The van der Waals surface area contributed by atoms with Gasteiger partial charge < -0.3 is 0 Å². The van der Waals surface area contributed by atoms with E-state index in [-0.39, 0.29) is 17.5 Å². The zero-order valence-corrected chi connectivity index (χ0v) is 15.3. The number of carbonyl (C=O) groups excluding carboxylic acids is 2. The first-order valence-corrected chi connectivity index (χ1v) is 8.70. The first-order valence-electron chi connectivity index (χ1n) is 8.70. The van der Waals surface area contributed by atoms with E-state index < -0.39 is 0 Å². The highest BCUT2D eigenvalue weighted by Crippen LogP contribution is 2.30. The monoisotopic (exact) mass is 322 g/mol. The second-order valence-electron chi connectivity index (χ2n) is 6.49. The number of ketones is 2. The van der Waals surface area contributed by atoms with Crippen LogP contribution in [-0.4, -0.2) is 11.6 Å². The van der Waals surface area contributed by atoms with Crippen molar-refractivity contribution < 1.29 is 9.59 Å². The molecule has 2 heteroatoms. The van der Waals surface area contributed by atoms with E-state index in [1.54, 1.807) is 6.92 Å². The lowest BCUT2D eigenvalue weighted by molar-refractivity contribution is 0.0938. The Morgan fingerprint density at radius 2 is 1.62 bits per heavy atom. The van der Waals surface area contributed by atoms with Crippen molar-refractivity contribution in [2.24, 2.45) is 5.92 Å². The van der Waals surface area contributed by atoms with Gasteiger partial charge >= 0.3 is 0 Å². The van der Waals surface area contributed by atoms with Crippen molar-refractivity contribution in [3.05, 3.63) is 58.7 Å². The molecule has 2 rings (SSSR count). The number of hydrogen-bond donors (Lipinski definition) is 0. The third kappa shape index (κ3) is 3.48. The molecule has 0 fully saturated rings. The van der Waals surface area contributed by atoms with Crippen molar-refractivity contribution in [3.8, 4) is 11.1 Å². The Labute approximate surface area is 144 Å². The summed E-state index contributed by atoms with van der Waals surface area (Å²) < 4.78 is 0. The van der Waals surface area contributed by atoms with Gasteiger partial charge in [-0.05, 0) is 42.0 Å². The predicted molar refractivity (Wildman–Crippen MR) is 99.8 cm³/mol. The van der Waals surface area contributed by atoms with E-state index in [1.807, 2.05) is 51.1 Å². The maximum atomic E-state index is 12.8. The second-order valence-corrected chi connectivity index (χ2v) is 6.49. The van der Waals surface area contributed by atoms with Crippen molar-refractivity contribution >= 4 is 11.6 Å². The van der Waals surface area contributed by atoms with Gasteiger partial charge in [0.15, 0.2) is 11.6 Å². The number of aryl methyl sites for hydroxylation is 2. The van der Waals surface area contributed by atoms with Crippen LogP contribution < -0.4 is 0 Å². The van der Waals surface area contributed by atoms with Crippen LogP contribution in [0.3, 0.4) is 0 Å². The van der Waals surface area contributed by atoms with E-state index in [0.717, 1.165) is 46.2 Å². The molecule has 0 unspecified atom stereocenters. The second kappa shape index (κ2) is 7.57. The Kier molecular flexibility index (Phi) is 5.71. The molecule has 0 aliphatic rings. The molecule has 0 aliphatic carbocycles. The van der Waals surface area contributed by atoms with Gasteiger partial charge in [0, 0.05) is 17.0 Å². The first-order chi connectivity index (χ1) is 11.4. The van der Waals surface area contributed by atoms with Crippen LogP contribution in [0.2, 0.25) is 0 Å². The highest BCUT2D eigenvalue weighted by molar-refractivity contribution is 6.05. The summed E-state index contributed by atoms with van der Waals surface area (Å²) in [6.45, 7) is 9.60. The lowest BCUT2D eigenvalue weighted by Crippen LogP contribution is -2.12. The van der Waals surface area contributed by atoms with Gasteiger partial charge in [0.25, 0.3) is 0 Å². The zero-order chi connectivity index (χ0) is 17.9. The molecule has 0 radical (unpaired) electrons. The van der Waals surface area contributed by atoms with Crippen molar-refractivity contribution in [1.82, 2.24) is 0 Å². The summed E-state index contributed by atoms with van der Waals surface area (Å²) in [7, 11) is 0. The largest absolute Gasteiger partial charge is 0.295 e. The van der Waals surface area contributed by atoms with Crippen LogP contribution in [0.15, 0.2) is 36.4 Å². The van der Waals surface area contributed by atoms with Gasteiger partial charge in [-0.15, -0.1) is 0 Å². The van der Waals surface area contributed by atoms with Crippen molar-refractivity contribution in [1.29, 1.82) is 0 Å². The fourth-order valence-electron chi connectivity index (χ4n) is 3.11. The fourth-order valence-corrected chi connectivity index (χ4v) is 3.11. The number of carbonyl (C=O) groups is 2. The number of hydrogen-bond acceptors (Lipinski definition) is 2. The van der Waals surface area contributed by atoms with E-state index in [4.69, 9.17) is 0 Å². The van der Waals surface area contributed by atoms with Gasteiger partial charge in [-0.3, -0.25) is 9.59 Å². The molecule has 0 aliphatic heterocycles. The standard InChI is InChI=1S/C22H26O2/c1-6-16-9-8-10-20(21(16)22(24)14(3)4)18-11-12-19(15(5)23)17(7-2)13-18/h8-14H,6-7H2,1-5H3. The van der Waals surface area contributed by atoms with Crippen molar-refractivity contribution in [2.45, 2.75) is 47.5 Å². The zero-order valence-electron chi connectivity index (χ0n) is 15.3. The molecule has 126 valence electrons. The van der Waals surface area contributed by atoms with Crippen molar-refractivity contribution in [3.63, 3.8) is 0 Å². The molecule has 2 aromatic carbocycles. The molecule has 0 spiro atoms.